The van der Waals surface area contributed by atoms with Gasteiger partial charge in [0.1, 0.15) is 11.9 Å². The van der Waals surface area contributed by atoms with Gasteiger partial charge in [-0.1, -0.05) is 17.7 Å². The quantitative estimate of drug-likeness (QED) is 0.418. The molecule has 194 valence electrons. The summed E-state index contributed by atoms with van der Waals surface area (Å²) in [5, 5.41) is 10.5. The molecule has 1 unspecified atom stereocenters. The van der Waals surface area contributed by atoms with Gasteiger partial charge in [0.15, 0.2) is 0 Å². The van der Waals surface area contributed by atoms with Crippen LogP contribution in [-0.4, -0.2) is 65.9 Å². The van der Waals surface area contributed by atoms with Crippen LogP contribution in [0.25, 0.3) is 11.3 Å². The minimum atomic E-state index is -0.372. The second-order valence-electron chi connectivity index (χ2n) is 9.65. The van der Waals surface area contributed by atoms with Crippen LogP contribution in [0.1, 0.15) is 36.7 Å². The van der Waals surface area contributed by atoms with Gasteiger partial charge in [0.2, 0.25) is 5.91 Å². The van der Waals surface area contributed by atoms with Crippen molar-refractivity contribution in [3.63, 3.8) is 0 Å². The third kappa shape index (κ3) is 6.09. The van der Waals surface area contributed by atoms with E-state index in [0.29, 0.717) is 54.8 Å². The predicted molar refractivity (Wildman–Crippen MR) is 143 cm³/mol. The molecule has 2 amide bonds. The van der Waals surface area contributed by atoms with Crippen molar-refractivity contribution in [3.8, 4) is 17.0 Å². The molecule has 2 N–H and O–H groups in total. The number of aromatic nitrogens is 1. The molecule has 37 heavy (non-hydrogen) atoms. The van der Waals surface area contributed by atoms with E-state index < -0.39 is 0 Å². The van der Waals surface area contributed by atoms with E-state index >= 15 is 0 Å². The Morgan fingerprint density at radius 2 is 2.14 bits per heavy atom. The molecule has 1 fully saturated rings. The molecule has 9 heteroatoms. The summed E-state index contributed by atoms with van der Waals surface area (Å²) in [6.07, 6.45) is 7.98. The summed E-state index contributed by atoms with van der Waals surface area (Å²) in [5.41, 5.74) is 3.33. The number of benzene rings is 1. The summed E-state index contributed by atoms with van der Waals surface area (Å²) in [7, 11) is 0. The van der Waals surface area contributed by atoms with Crippen LogP contribution in [0.3, 0.4) is 0 Å². The Labute approximate surface area is 221 Å². The van der Waals surface area contributed by atoms with Crippen LogP contribution < -0.4 is 10.1 Å². The van der Waals surface area contributed by atoms with E-state index in [0.717, 1.165) is 16.7 Å². The van der Waals surface area contributed by atoms with Crippen LogP contribution in [0, 0.1) is 5.41 Å². The van der Waals surface area contributed by atoms with Gasteiger partial charge in [-0.15, -0.1) is 0 Å². The Bertz CT molecular complexity index is 1250. The highest BCUT2D eigenvalue weighted by Crippen LogP contribution is 2.39. The number of carbonyl (C=O) groups is 2. The van der Waals surface area contributed by atoms with E-state index in [1.807, 2.05) is 37.8 Å². The van der Waals surface area contributed by atoms with E-state index in [1.165, 1.54) is 12.3 Å². The summed E-state index contributed by atoms with van der Waals surface area (Å²) in [6.45, 7) is 7.68. The standard InChI is InChI=1S/C28H31ClN4O4/c1-4-18(14-30)15-32-25(34)8-6-22-12-21-11-20(13-23(29)26(21)37-22)24-7-5-19(16-31-24)27(35)33-9-10-36-17-28(33,2)3/h4-8,11,13-14,16,22,30H,9-10,12,15,17H2,1-3H3,(H,32,34)/b8-6?,18-4+,30-14?. The maximum absolute atomic E-state index is 13.1. The van der Waals surface area contributed by atoms with Crippen molar-refractivity contribution in [2.45, 2.75) is 38.8 Å². The molecular formula is C28H31ClN4O4. The van der Waals surface area contributed by atoms with E-state index in [9.17, 15) is 9.59 Å². The van der Waals surface area contributed by atoms with Crippen LogP contribution >= 0.6 is 11.6 Å². The number of hydrogen-bond donors (Lipinski definition) is 2. The first-order chi connectivity index (χ1) is 17.7. The summed E-state index contributed by atoms with van der Waals surface area (Å²) in [4.78, 5) is 31.5. The Kier molecular flexibility index (Phi) is 8.10. The average Bonchev–Trinajstić information content (AvgIpc) is 3.31. The number of hydrogen-bond acceptors (Lipinski definition) is 6. The third-order valence-electron chi connectivity index (χ3n) is 6.49. The average molecular weight is 523 g/mol. The van der Waals surface area contributed by atoms with Crippen molar-refractivity contribution < 1.29 is 19.1 Å². The number of morpholine rings is 1. The fraction of sp³-hybridized carbons (Fsp3) is 0.357. The molecule has 1 saturated heterocycles. The van der Waals surface area contributed by atoms with E-state index in [4.69, 9.17) is 26.5 Å². The topological polar surface area (TPSA) is 105 Å². The molecule has 2 aliphatic rings. The second-order valence-corrected chi connectivity index (χ2v) is 10.1. The Morgan fingerprint density at radius 3 is 2.81 bits per heavy atom. The minimum absolute atomic E-state index is 0.0637. The maximum Gasteiger partial charge on any atom is 0.256 e. The second kappa shape index (κ2) is 11.3. The fourth-order valence-corrected chi connectivity index (χ4v) is 4.64. The van der Waals surface area contributed by atoms with Gasteiger partial charge in [0.25, 0.3) is 5.91 Å². The van der Waals surface area contributed by atoms with Gasteiger partial charge in [-0.05, 0) is 56.7 Å². The largest absolute Gasteiger partial charge is 0.484 e. The molecule has 8 nitrogen and oxygen atoms in total. The van der Waals surface area contributed by atoms with Gasteiger partial charge in [-0.25, -0.2) is 0 Å². The summed E-state index contributed by atoms with van der Waals surface area (Å²) in [5.74, 6) is 0.278. The molecule has 0 bridgehead atoms. The zero-order valence-corrected chi connectivity index (χ0v) is 22.0. The first-order valence-electron chi connectivity index (χ1n) is 12.2. The maximum atomic E-state index is 13.1. The SMILES string of the molecule is C/C=C(\C=N)CNC(=O)C=CC1Cc2cc(-c3ccc(C(=O)N4CCOCC4(C)C)cn3)cc(Cl)c2O1. The lowest BCUT2D eigenvalue weighted by atomic mass is 10.0. The van der Waals surface area contributed by atoms with E-state index in [2.05, 4.69) is 10.3 Å². The van der Waals surface area contributed by atoms with Crippen molar-refractivity contribution in [1.82, 2.24) is 15.2 Å². The monoisotopic (exact) mass is 522 g/mol. The Balaban J connectivity index is 1.43. The fourth-order valence-electron chi connectivity index (χ4n) is 4.36. The van der Waals surface area contributed by atoms with E-state index in [1.54, 1.807) is 30.5 Å². The third-order valence-corrected chi connectivity index (χ3v) is 6.77. The Morgan fingerprint density at radius 1 is 1.32 bits per heavy atom. The highest BCUT2D eigenvalue weighted by molar-refractivity contribution is 6.32. The van der Waals surface area contributed by atoms with Gasteiger partial charge in [-0.2, -0.15) is 0 Å². The van der Waals surface area contributed by atoms with Gasteiger partial charge in [0, 0.05) is 49.1 Å². The van der Waals surface area contributed by atoms with Crippen molar-refractivity contribution in [2.75, 3.05) is 26.3 Å². The molecule has 1 aromatic heterocycles. The zero-order chi connectivity index (χ0) is 26.6. The van der Waals surface area contributed by atoms with Crippen molar-refractivity contribution in [3.05, 3.63) is 70.4 Å². The Hall–Kier alpha value is -3.49. The molecule has 0 radical (unpaired) electrons. The van der Waals surface area contributed by atoms with Crippen molar-refractivity contribution >= 4 is 29.6 Å². The molecule has 2 aliphatic heterocycles. The predicted octanol–water partition coefficient (Wildman–Crippen LogP) is 4.22. The lowest BCUT2D eigenvalue weighted by Gasteiger charge is -2.42. The number of nitrogens with zero attached hydrogens (tertiary/aromatic N) is 2. The van der Waals surface area contributed by atoms with Crippen LogP contribution in [0.4, 0.5) is 0 Å². The van der Waals surface area contributed by atoms with Crippen LogP contribution in [0.2, 0.25) is 5.02 Å². The van der Waals surface area contributed by atoms with E-state index in [-0.39, 0.29) is 23.5 Å². The molecule has 0 aliphatic carbocycles. The highest BCUT2D eigenvalue weighted by atomic mass is 35.5. The zero-order valence-electron chi connectivity index (χ0n) is 21.2. The number of rotatable bonds is 7. The lowest BCUT2D eigenvalue weighted by Crippen LogP contribution is -2.55. The number of nitrogens with one attached hydrogen (secondary N) is 2. The molecule has 1 aromatic carbocycles. The van der Waals surface area contributed by atoms with Crippen LogP contribution in [-0.2, 0) is 16.0 Å². The molecule has 0 spiro atoms. The number of fused-ring (bicyclic) bond motifs is 1. The molecule has 4 rings (SSSR count). The first-order valence-corrected chi connectivity index (χ1v) is 12.6. The lowest BCUT2D eigenvalue weighted by molar-refractivity contribution is -0.116. The summed E-state index contributed by atoms with van der Waals surface area (Å²) >= 11 is 6.53. The molecular weight excluding hydrogens is 492 g/mol. The number of amides is 2. The van der Waals surface area contributed by atoms with Crippen LogP contribution in [0.5, 0.6) is 5.75 Å². The van der Waals surface area contributed by atoms with Gasteiger partial charge in [0.05, 0.1) is 35.0 Å². The number of carbonyl (C=O) groups excluding carboxylic acids is 2. The number of ether oxygens (including phenoxy) is 2. The number of halogens is 1. The first kappa shape index (κ1) is 26.6. The molecule has 2 aromatic rings. The summed E-state index contributed by atoms with van der Waals surface area (Å²) < 4.78 is 11.5. The van der Waals surface area contributed by atoms with Crippen molar-refractivity contribution in [1.29, 1.82) is 5.41 Å². The molecule has 3 heterocycles. The minimum Gasteiger partial charge on any atom is -0.484 e. The van der Waals surface area contributed by atoms with Crippen molar-refractivity contribution in [2.24, 2.45) is 0 Å². The van der Waals surface area contributed by atoms with Crippen LogP contribution in [0.15, 0.2) is 54.3 Å². The highest BCUT2D eigenvalue weighted by Gasteiger charge is 2.34. The number of allylic oxidation sites excluding steroid dienone is 1. The van der Waals surface area contributed by atoms with Gasteiger partial charge in [-0.3, -0.25) is 14.6 Å². The molecule has 0 saturated carbocycles. The smallest absolute Gasteiger partial charge is 0.256 e. The van der Waals surface area contributed by atoms with Gasteiger partial charge < -0.3 is 25.1 Å². The normalized spacial score (nSPS) is 18.9. The summed E-state index contributed by atoms with van der Waals surface area (Å²) in [6, 6.07) is 7.38. The van der Waals surface area contributed by atoms with Gasteiger partial charge >= 0.3 is 0 Å². The number of pyridine rings is 1. The molecule has 1 atom stereocenters.